The lowest BCUT2D eigenvalue weighted by Gasteiger charge is -2.18. The van der Waals surface area contributed by atoms with Crippen molar-refractivity contribution in [2.75, 3.05) is 13.1 Å². The minimum absolute atomic E-state index is 0.0288. The number of carbonyl (C=O) groups is 2. The number of carbonyl (C=O) groups excluding carboxylic acids is 1. The Morgan fingerprint density at radius 2 is 1.95 bits per heavy atom. The van der Waals surface area contributed by atoms with Crippen LogP contribution in [-0.4, -0.2) is 30.1 Å². The number of amides is 1. The summed E-state index contributed by atoms with van der Waals surface area (Å²) in [5.41, 5.74) is 0.925. The standard InChI is InChI=1S/C14H20N2O3/c1-2-15-10-13(17)16-12(8-9-14(18)19)11-6-4-3-5-7-11/h3-7,12,15H,2,8-10H2,1H3,(H,16,17)(H,18,19). The van der Waals surface area contributed by atoms with E-state index in [0.717, 1.165) is 12.1 Å². The molecule has 1 aromatic carbocycles. The zero-order chi connectivity index (χ0) is 14.1. The first-order valence-corrected chi connectivity index (χ1v) is 6.40. The maximum atomic E-state index is 11.7. The largest absolute Gasteiger partial charge is 0.481 e. The lowest BCUT2D eigenvalue weighted by molar-refractivity contribution is -0.137. The van der Waals surface area contributed by atoms with Gasteiger partial charge in [0.15, 0.2) is 0 Å². The van der Waals surface area contributed by atoms with Crippen LogP contribution in [0.4, 0.5) is 0 Å². The Labute approximate surface area is 113 Å². The first kappa shape index (κ1) is 15.2. The van der Waals surface area contributed by atoms with Gasteiger partial charge in [-0.05, 0) is 18.5 Å². The van der Waals surface area contributed by atoms with Crippen molar-refractivity contribution in [3.8, 4) is 0 Å². The number of hydrogen-bond donors (Lipinski definition) is 3. The van der Waals surface area contributed by atoms with Crippen LogP contribution < -0.4 is 10.6 Å². The van der Waals surface area contributed by atoms with Gasteiger partial charge in [-0.15, -0.1) is 0 Å². The number of nitrogens with one attached hydrogen (secondary N) is 2. The van der Waals surface area contributed by atoms with Crippen LogP contribution in [0.5, 0.6) is 0 Å². The summed E-state index contributed by atoms with van der Waals surface area (Å²) >= 11 is 0. The molecule has 5 heteroatoms. The van der Waals surface area contributed by atoms with Gasteiger partial charge in [0, 0.05) is 6.42 Å². The molecule has 0 aromatic heterocycles. The normalized spacial score (nSPS) is 11.8. The van der Waals surface area contributed by atoms with E-state index < -0.39 is 5.97 Å². The fraction of sp³-hybridized carbons (Fsp3) is 0.429. The van der Waals surface area contributed by atoms with Crippen LogP contribution in [0.25, 0.3) is 0 Å². The van der Waals surface area contributed by atoms with Gasteiger partial charge >= 0.3 is 5.97 Å². The highest BCUT2D eigenvalue weighted by atomic mass is 16.4. The molecule has 1 atom stereocenters. The number of benzene rings is 1. The Bertz CT molecular complexity index is 406. The number of rotatable bonds is 8. The van der Waals surface area contributed by atoms with Gasteiger partial charge in [-0.2, -0.15) is 0 Å². The minimum atomic E-state index is -0.859. The first-order chi connectivity index (χ1) is 9.13. The molecule has 0 saturated heterocycles. The fourth-order valence-electron chi connectivity index (χ4n) is 1.76. The topological polar surface area (TPSA) is 78.4 Å². The Balaban J connectivity index is 2.64. The summed E-state index contributed by atoms with van der Waals surface area (Å²) in [4.78, 5) is 22.4. The summed E-state index contributed by atoms with van der Waals surface area (Å²) in [6.45, 7) is 2.89. The van der Waals surface area contributed by atoms with Crippen molar-refractivity contribution < 1.29 is 14.7 Å². The molecule has 1 unspecified atom stereocenters. The number of likely N-dealkylation sites (N-methyl/N-ethyl adjacent to an activating group) is 1. The van der Waals surface area contributed by atoms with Gasteiger partial charge in [0.1, 0.15) is 0 Å². The highest BCUT2D eigenvalue weighted by molar-refractivity contribution is 5.78. The third kappa shape index (κ3) is 6.01. The highest BCUT2D eigenvalue weighted by Crippen LogP contribution is 2.18. The number of carboxylic acids is 1. The molecule has 3 N–H and O–H groups in total. The van der Waals surface area contributed by atoms with Crippen LogP contribution in [0.3, 0.4) is 0 Å². The molecule has 0 saturated carbocycles. The summed E-state index contributed by atoms with van der Waals surface area (Å²) in [6, 6.07) is 9.15. The highest BCUT2D eigenvalue weighted by Gasteiger charge is 2.15. The summed E-state index contributed by atoms with van der Waals surface area (Å²) in [5, 5.41) is 14.6. The Kier molecular flexibility index (Phi) is 6.60. The van der Waals surface area contributed by atoms with Crippen LogP contribution in [0.1, 0.15) is 31.4 Å². The van der Waals surface area contributed by atoms with Gasteiger partial charge in [0.25, 0.3) is 0 Å². The molecule has 19 heavy (non-hydrogen) atoms. The molecule has 1 aromatic rings. The smallest absolute Gasteiger partial charge is 0.303 e. The molecule has 0 aliphatic rings. The number of aliphatic carboxylic acids is 1. The summed E-state index contributed by atoms with van der Waals surface area (Å²) in [5.74, 6) is -0.983. The van der Waals surface area contributed by atoms with E-state index in [1.54, 1.807) is 0 Å². The van der Waals surface area contributed by atoms with E-state index >= 15 is 0 Å². The van der Waals surface area contributed by atoms with Gasteiger partial charge in [-0.3, -0.25) is 9.59 Å². The molecule has 104 valence electrons. The predicted molar refractivity (Wildman–Crippen MR) is 72.7 cm³/mol. The van der Waals surface area contributed by atoms with E-state index in [1.165, 1.54) is 0 Å². The lowest BCUT2D eigenvalue weighted by Crippen LogP contribution is -2.36. The van der Waals surface area contributed by atoms with E-state index in [9.17, 15) is 9.59 Å². The molecule has 0 aliphatic heterocycles. The van der Waals surface area contributed by atoms with Crippen molar-refractivity contribution >= 4 is 11.9 Å². The van der Waals surface area contributed by atoms with Crippen LogP contribution in [0.15, 0.2) is 30.3 Å². The molecule has 0 bridgehead atoms. The molecule has 1 rings (SSSR count). The minimum Gasteiger partial charge on any atom is -0.481 e. The second kappa shape index (κ2) is 8.26. The molecule has 0 aliphatic carbocycles. The SMILES string of the molecule is CCNCC(=O)NC(CCC(=O)O)c1ccccc1. The van der Waals surface area contributed by atoms with Gasteiger partial charge in [0.05, 0.1) is 12.6 Å². The van der Waals surface area contributed by atoms with E-state index in [0.29, 0.717) is 6.42 Å². The predicted octanol–water partition coefficient (Wildman–Crippen LogP) is 1.32. The van der Waals surface area contributed by atoms with Crippen LogP contribution >= 0.6 is 0 Å². The summed E-state index contributed by atoms with van der Waals surface area (Å²) in [7, 11) is 0. The van der Waals surface area contributed by atoms with E-state index in [4.69, 9.17) is 5.11 Å². The molecular formula is C14H20N2O3. The Morgan fingerprint density at radius 3 is 2.53 bits per heavy atom. The average molecular weight is 264 g/mol. The Hall–Kier alpha value is -1.88. The average Bonchev–Trinajstić information content (AvgIpc) is 2.42. The van der Waals surface area contributed by atoms with Gasteiger partial charge in [-0.25, -0.2) is 0 Å². The molecule has 0 spiro atoms. The van der Waals surface area contributed by atoms with E-state index in [1.807, 2.05) is 37.3 Å². The van der Waals surface area contributed by atoms with Crippen molar-refractivity contribution in [2.45, 2.75) is 25.8 Å². The molecule has 0 radical (unpaired) electrons. The second-order valence-corrected chi connectivity index (χ2v) is 4.24. The van der Waals surface area contributed by atoms with Crippen molar-refractivity contribution in [3.63, 3.8) is 0 Å². The van der Waals surface area contributed by atoms with Gasteiger partial charge < -0.3 is 15.7 Å². The quantitative estimate of drug-likeness (QED) is 0.661. The molecule has 1 amide bonds. The molecule has 0 fully saturated rings. The van der Waals surface area contributed by atoms with Crippen LogP contribution in [-0.2, 0) is 9.59 Å². The summed E-state index contributed by atoms with van der Waals surface area (Å²) in [6.07, 6.45) is 0.415. The first-order valence-electron chi connectivity index (χ1n) is 6.40. The zero-order valence-corrected chi connectivity index (χ0v) is 11.1. The van der Waals surface area contributed by atoms with E-state index in [2.05, 4.69) is 10.6 Å². The van der Waals surface area contributed by atoms with Crippen LogP contribution in [0.2, 0.25) is 0 Å². The molecular weight excluding hydrogens is 244 g/mol. The van der Waals surface area contributed by atoms with Crippen molar-refractivity contribution in [3.05, 3.63) is 35.9 Å². The van der Waals surface area contributed by atoms with Gasteiger partial charge in [-0.1, -0.05) is 37.3 Å². The fourth-order valence-corrected chi connectivity index (χ4v) is 1.76. The van der Waals surface area contributed by atoms with E-state index in [-0.39, 0.29) is 24.9 Å². The van der Waals surface area contributed by atoms with Crippen molar-refractivity contribution in [2.24, 2.45) is 0 Å². The summed E-state index contributed by atoms with van der Waals surface area (Å²) < 4.78 is 0. The maximum absolute atomic E-state index is 11.7. The van der Waals surface area contributed by atoms with Crippen molar-refractivity contribution in [1.82, 2.24) is 10.6 Å². The maximum Gasteiger partial charge on any atom is 0.303 e. The lowest BCUT2D eigenvalue weighted by atomic mass is 10.0. The van der Waals surface area contributed by atoms with Crippen molar-refractivity contribution in [1.29, 1.82) is 0 Å². The molecule has 5 nitrogen and oxygen atoms in total. The zero-order valence-electron chi connectivity index (χ0n) is 11.1. The Morgan fingerprint density at radius 1 is 1.26 bits per heavy atom. The monoisotopic (exact) mass is 264 g/mol. The number of hydrogen-bond acceptors (Lipinski definition) is 3. The third-order valence-corrected chi connectivity index (χ3v) is 2.72. The third-order valence-electron chi connectivity index (χ3n) is 2.72. The number of carboxylic acid groups (broad SMARTS) is 1. The second-order valence-electron chi connectivity index (χ2n) is 4.24. The van der Waals surface area contributed by atoms with Gasteiger partial charge in [0.2, 0.25) is 5.91 Å². The van der Waals surface area contributed by atoms with Crippen LogP contribution in [0, 0.1) is 0 Å². The molecule has 0 heterocycles.